The monoisotopic (exact) mass is 276 g/mol. The summed E-state index contributed by atoms with van der Waals surface area (Å²) in [4.78, 5) is 12.8. The molecule has 0 spiro atoms. The minimum Gasteiger partial charge on any atom is -0.343 e. The van der Waals surface area contributed by atoms with Gasteiger partial charge in [-0.1, -0.05) is 59.5 Å². The predicted molar refractivity (Wildman–Crippen MR) is 83.7 cm³/mol. The molecule has 0 amide bonds. The summed E-state index contributed by atoms with van der Waals surface area (Å²) in [6, 6.07) is 13.4. The first-order chi connectivity index (χ1) is 10.0. The topological polar surface area (TPSA) is 35.5 Å². The van der Waals surface area contributed by atoms with E-state index in [1.165, 1.54) is 14.2 Å². The molecule has 21 heavy (non-hydrogen) atoms. The zero-order valence-electron chi connectivity index (χ0n) is 12.0. The van der Waals surface area contributed by atoms with Gasteiger partial charge >= 0.3 is 0 Å². The molecule has 2 rings (SSSR count). The molecule has 0 saturated carbocycles. The van der Waals surface area contributed by atoms with E-state index in [1.807, 2.05) is 0 Å². The van der Waals surface area contributed by atoms with Crippen LogP contribution >= 0.6 is 0 Å². The molecule has 3 nitrogen and oxygen atoms in total. The van der Waals surface area contributed by atoms with Crippen LogP contribution in [0.25, 0.3) is 0 Å². The van der Waals surface area contributed by atoms with Gasteiger partial charge in [-0.05, 0) is 0 Å². The Labute approximate surface area is 127 Å². The highest BCUT2D eigenvalue weighted by atomic mass is 16.7. The Hall–Kier alpha value is -1.84. The Balaban J connectivity index is 2.48. The smallest absolute Gasteiger partial charge is 0.260 e. The van der Waals surface area contributed by atoms with Gasteiger partial charge in [-0.2, -0.15) is 0 Å². The SMILES string of the molecule is [B]c1ccc(C(=O)C(OC)(OC)c2ccc([B])cc2)cc1. The summed E-state index contributed by atoms with van der Waals surface area (Å²) >= 11 is 0. The number of Topliss-reactive ketones (excluding diaryl/α,β-unsaturated/α-hetero) is 1. The molecular formula is C16H14B2O3. The van der Waals surface area contributed by atoms with Gasteiger partial charge in [-0.25, -0.2) is 0 Å². The van der Waals surface area contributed by atoms with Gasteiger partial charge in [0.2, 0.25) is 5.78 Å². The van der Waals surface area contributed by atoms with Crippen LogP contribution < -0.4 is 10.9 Å². The first kappa shape index (κ1) is 15.5. The van der Waals surface area contributed by atoms with E-state index in [9.17, 15) is 4.79 Å². The summed E-state index contributed by atoms with van der Waals surface area (Å²) in [5.74, 6) is -1.82. The second-order valence-electron chi connectivity index (χ2n) is 4.60. The molecule has 0 aromatic heterocycles. The van der Waals surface area contributed by atoms with Crippen molar-refractivity contribution in [3.8, 4) is 0 Å². The highest BCUT2D eigenvalue weighted by Gasteiger charge is 2.41. The van der Waals surface area contributed by atoms with Crippen molar-refractivity contribution in [3.05, 3.63) is 59.7 Å². The maximum Gasteiger partial charge on any atom is 0.260 e. The largest absolute Gasteiger partial charge is 0.343 e. The van der Waals surface area contributed by atoms with Crippen molar-refractivity contribution in [1.29, 1.82) is 0 Å². The number of ketones is 1. The van der Waals surface area contributed by atoms with E-state index in [2.05, 4.69) is 0 Å². The maximum absolute atomic E-state index is 12.8. The van der Waals surface area contributed by atoms with Crippen LogP contribution in [-0.4, -0.2) is 35.7 Å². The van der Waals surface area contributed by atoms with Crippen LogP contribution in [0.1, 0.15) is 15.9 Å². The van der Waals surface area contributed by atoms with Crippen molar-refractivity contribution < 1.29 is 14.3 Å². The van der Waals surface area contributed by atoms with Gasteiger partial charge in [0.1, 0.15) is 15.7 Å². The summed E-state index contributed by atoms with van der Waals surface area (Å²) in [6.07, 6.45) is 0. The van der Waals surface area contributed by atoms with Crippen molar-refractivity contribution in [3.63, 3.8) is 0 Å². The van der Waals surface area contributed by atoms with Crippen molar-refractivity contribution >= 4 is 32.4 Å². The van der Waals surface area contributed by atoms with Crippen LogP contribution in [0.5, 0.6) is 0 Å². The fourth-order valence-electron chi connectivity index (χ4n) is 2.16. The molecule has 4 radical (unpaired) electrons. The lowest BCUT2D eigenvalue weighted by atomic mass is 9.89. The molecule has 0 atom stereocenters. The average molecular weight is 276 g/mol. The molecule has 2 aromatic carbocycles. The standard InChI is InChI=1S/C16H14B2O3/c1-20-16(21-2,12-5-9-14(18)10-6-12)15(19)11-3-7-13(17)8-4-11/h3-10H,1-2H3. The Morgan fingerprint density at radius 1 is 0.857 bits per heavy atom. The number of hydrogen-bond acceptors (Lipinski definition) is 3. The lowest BCUT2D eigenvalue weighted by molar-refractivity contribution is -0.176. The van der Waals surface area contributed by atoms with Crippen LogP contribution in [0.3, 0.4) is 0 Å². The first-order valence-electron chi connectivity index (χ1n) is 6.40. The van der Waals surface area contributed by atoms with Crippen LogP contribution in [0.4, 0.5) is 0 Å². The number of hydrogen-bond donors (Lipinski definition) is 0. The van der Waals surface area contributed by atoms with Crippen LogP contribution in [0.2, 0.25) is 0 Å². The Morgan fingerprint density at radius 3 is 1.71 bits per heavy atom. The number of carbonyl (C=O) groups is 1. The maximum atomic E-state index is 12.8. The third-order valence-electron chi connectivity index (χ3n) is 3.34. The van der Waals surface area contributed by atoms with Gasteiger partial charge in [-0.15, -0.1) is 0 Å². The summed E-state index contributed by atoms with van der Waals surface area (Å²) in [6.45, 7) is 0. The van der Waals surface area contributed by atoms with E-state index >= 15 is 0 Å². The molecule has 0 fully saturated rings. The molecule has 0 saturated heterocycles. The highest BCUT2D eigenvalue weighted by molar-refractivity contribution is 6.32. The quantitative estimate of drug-likeness (QED) is 0.456. The predicted octanol–water partition coefficient (Wildman–Crippen LogP) is 0.603. The van der Waals surface area contributed by atoms with E-state index in [4.69, 9.17) is 25.2 Å². The van der Waals surface area contributed by atoms with E-state index in [0.717, 1.165) is 0 Å². The summed E-state index contributed by atoms with van der Waals surface area (Å²) in [7, 11) is 14.2. The fourth-order valence-corrected chi connectivity index (χ4v) is 2.16. The molecule has 0 aliphatic carbocycles. The van der Waals surface area contributed by atoms with Gasteiger partial charge in [-0.3, -0.25) is 4.79 Å². The highest BCUT2D eigenvalue weighted by Crippen LogP contribution is 2.29. The van der Waals surface area contributed by atoms with Crippen molar-refractivity contribution in [2.75, 3.05) is 14.2 Å². The van der Waals surface area contributed by atoms with E-state index in [-0.39, 0.29) is 5.78 Å². The molecule has 0 bridgehead atoms. The minimum absolute atomic E-state index is 0.308. The Morgan fingerprint density at radius 2 is 1.29 bits per heavy atom. The zero-order chi connectivity index (χ0) is 15.5. The van der Waals surface area contributed by atoms with Gasteiger partial charge in [0, 0.05) is 25.3 Å². The van der Waals surface area contributed by atoms with Crippen molar-refractivity contribution in [2.24, 2.45) is 0 Å². The number of methoxy groups -OCH3 is 2. The first-order valence-corrected chi connectivity index (χ1v) is 6.40. The molecule has 5 heteroatoms. The summed E-state index contributed by atoms with van der Waals surface area (Å²) in [5, 5.41) is 0. The zero-order valence-corrected chi connectivity index (χ0v) is 12.0. The van der Waals surface area contributed by atoms with Gasteiger partial charge in [0.15, 0.2) is 0 Å². The molecule has 0 aliphatic rings. The lowest BCUT2D eigenvalue weighted by Crippen LogP contribution is -2.40. The van der Waals surface area contributed by atoms with E-state index < -0.39 is 5.79 Å². The minimum atomic E-state index is -1.51. The number of carbonyl (C=O) groups excluding carboxylic acids is 1. The molecule has 0 unspecified atom stereocenters. The van der Waals surface area contributed by atoms with Crippen molar-refractivity contribution in [1.82, 2.24) is 0 Å². The number of rotatable bonds is 5. The number of ether oxygens (including phenoxy) is 2. The summed E-state index contributed by atoms with van der Waals surface area (Å²) in [5.41, 5.74) is 2.20. The molecule has 102 valence electrons. The third-order valence-corrected chi connectivity index (χ3v) is 3.34. The average Bonchev–Trinajstić information content (AvgIpc) is 2.51. The van der Waals surface area contributed by atoms with Gasteiger partial charge in [0.25, 0.3) is 5.79 Å². The summed E-state index contributed by atoms with van der Waals surface area (Å²) < 4.78 is 10.8. The third kappa shape index (κ3) is 2.94. The number of benzene rings is 2. The van der Waals surface area contributed by atoms with E-state index in [1.54, 1.807) is 48.5 Å². The normalized spacial score (nSPS) is 11.3. The molecule has 0 heterocycles. The second kappa shape index (κ2) is 6.29. The van der Waals surface area contributed by atoms with Gasteiger partial charge in [0.05, 0.1) is 0 Å². The molecule has 0 aliphatic heterocycles. The van der Waals surface area contributed by atoms with Crippen LogP contribution in [-0.2, 0) is 15.3 Å². The van der Waals surface area contributed by atoms with Gasteiger partial charge < -0.3 is 9.47 Å². The van der Waals surface area contributed by atoms with E-state index in [0.29, 0.717) is 22.1 Å². The second-order valence-corrected chi connectivity index (χ2v) is 4.60. The molecular weight excluding hydrogens is 262 g/mol. The lowest BCUT2D eigenvalue weighted by Gasteiger charge is -2.30. The van der Waals surface area contributed by atoms with Crippen LogP contribution in [0.15, 0.2) is 48.5 Å². The van der Waals surface area contributed by atoms with Crippen LogP contribution in [0, 0.1) is 0 Å². The molecule has 0 N–H and O–H groups in total. The Bertz CT molecular complexity index is 617. The fraction of sp³-hybridized carbons (Fsp3) is 0.188. The Kier molecular flexibility index (Phi) is 4.66. The molecule has 2 aromatic rings. The van der Waals surface area contributed by atoms with Crippen molar-refractivity contribution in [2.45, 2.75) is 5.79 Å².